The molecule has 0 aromatic heterocycles. The number of sulfonamides is 1. The number of benzene rings is 2. The van der Waals surface area contributed by atoms with Crippen LogP contribution in [-0.4, -0.2) is 14.3 Å². The van der Waals surface area contributed by atoms with Crippen LogP contribution in [0, 0.1) is 0 Å². The quantitative estimate of drug-likeness (QED) is 0.907. The van der Waals surface area contributed by atoms with Gasteiger partial charge in [0.2, 0.25) is 10.0 Å². The number of primary sulfonamides is 1. The van der Waals surface area contributed by atoms with E-state index in [0.29, 0.717) is 11.1 Å². The van der Waals surface area contributed by atoms with Gasteiger partial charge >= 0.3 is 0 Å². The van der Waals surface area contributed by atoms with Crippen molar-refractivity contribution in [2.24, 2.45) is 5.14 Å². The average Bonchev–Trinajstić information content (AvgIpc) is 2.46. The highest BCUT2D eigenvalue weighted by Gasteiger charge is 2.16. The van der Waals surface area contributed by atoms with Gasteiger partial charge in [-0.15, -0.1) is 0 Å². The predicted octanol–water partition coefficient (Wildman–Crippen LogP) is 2.23. The van der Waals surface area contributed by atoms with Crippen LogP contribution in [0.15, 0.2) is 60.0 Å². The molecule has 2 rings (SSSR count). The molecule has 2 aromatic rings. The summed E-state index contributed by atoms with van der Waals surface area (Å²) in [7, 11) is -3.91. The lowest BCUT2D eigenvalue weighted by molar-refractivity contribution is 0.102. The van der Waals surface area contributed by atoms with Crippen molar-refractivity contribution < 1.29 is 13.2 Å². The molecule has 0 heterocycles. The van der Waals surface area contributed by atoms with Crippen molar-refractivity contribution in [3.05, 3.63) is 66.2 Å². The zero-order chi connectivity index (χ0) is 15.5. The fourth-order valence-electron chi connectivity index (χ4n) is 1.89. The van der Waals surface area contributed by atoms with E-state index in [4.69, 9.17) is 5.14 Å². The third kappa shape index (κ3) is 3.36. The first-order valence-electron chi connectivity index (χ1n) is 6.08. The molecule has 0 bridgehead atoms. The summed E-state index contributed by atoms with van der Waals surface area (Å²) in [6, 6.07) is 12.8. The topological polar surface area (TPSA) is 89.3 Å². The maximum absolute atomic E-state index is 12.3. The Hall–Kier alpha value is -2.44. The van der Waals surface area contributed by atoms with Gasteiger partial charge in [-0.1, -0.05) is 43.0 Å². The number of anilines is 1. The molecule has 0 fully saturated rings. The molecule has 0 unspecified atom stereocenters. The van der Waals surface area contributed by atoms with Crippen molar-refractivity contribution in [3.63, 3.8) is 0 Å². The van der Waals surface area contributed by atoms with Gasteiger partial charge < -0.3 is 5.32 Å². The number of carbonyl (C=O) groups is 1. The maximum atomic E-state index is 12.3. The molecule has 2 aromatic carbocycles. The second-order valence-electron chi connectivity index (χ2n) is 4.29. The summed E-state index contributed by atoms with van der Waals surface area (Å²) in [5, 5.41) is 7.70. The molecule has 108 valence electrons. The second kappa shape index (κ2) is 5.90. The van der Waals surface area contributed by atoms with Gasteiger partial charge in [0.05, 0.1) is 5.69 Å². The summed E-state index contributed by atoms with van der Waals surface area (Å²) in [6.45, 7) is 3.64. The smallest absolute Gasteiger partial charge is 0.256 e. The lowest BCUT2D eigenvalue weighted by Gasteiger charge is -2.10. The van der Waals surface area contributed by atoms with E-state index >= 15 is 0 Å². The van der Waals surface area contributed by atoms with E-state index in [1.165, 1.54) is 18.2 Å². The molecular weight excluding hydrogens is 288 g/mol. The summed E-state index contributed by atoms with van der Waals surface area (Å²) in [5.41, 5.74) is 1.20. The Labute approximate surface area is 123 Å². The Morgan fingerprint density at radius 3 is 2.38 bits per heavy atom. The monoisotopic (exact) mass is 302 g/mol. The van der Waals surface area contributed by atoms with Crippen LogP contribution in [0.1, 0.15) is 15.9 Å². The number of nitrogens with one attached hydrogen (secondary N) is 1. The standard InChI is InChI=1S/C15H14N2O3S/c1-2-11-7-3-4-8-12(11)15(18)17-13-9-5-6-10-14(13)21(16,19)20/h2-10H,1H2,(H,17,18)(H2,16,19,20). The van der Waals surface area contributed by atoms with E-state index in [1.807, 2.05) is 0 Å². The predicted molar refractivity (Wildman–Crippen MR) is 82.3 cm³/mol. The van der Waals surface area contributed by atoms with Gasteiger partial charge in [0.15, 0.2) is 0 Å². The first kappa shape index (κ1) is 15.0. The van der Waals surface area contributed by atoms with Gasteiger partial charge in [-0.05, 0) is 23.8 Å². The van der Waals surface area contributed by atoms with E-state index in [0.717, 1.165) is 0 Å². The number of carbonyl (C=O) groups excluding carboxylic acids is 1. The van der Waals surface area contributed by atoms with E-state index in [9.17, 15) is 13.2 Å². The molecule has 0 aliphatic carbocycles. The van der Waals surface area contributed by atoms with Crippen molar-refractivity contribution in [1.29, 1.82) is 0 Å². The molecule has 5 nitrogen and oxygen atoms in total. The SMILES string of the molecule is C=Cc1ccccc1C(=O)Nc1ccccc1S(N)(=O)=O. The van der Waals surface area contributed by atoms with Crippen LogP contribution in [0.2, 0.25) is 0 Å². The highest BCUT2D eigenvalue weighted by Crippen LogP contribution is 2.21. The number of para-hydroxylation sites is 1. The molecule has 0 radical (unpaired) electrons. The Morgan fingerprint density at radius 2 is 1.71 bits per heavy atom. The highest BCUT2D eigenvalue weighted by molar-refractivity contribution is 7.89. The first-order valence-corrected chi connectivity index (χ1v) is 7.63. The minimum atomic E-state index is -3.91. The number of rotatable bonds is 4. The molecular formula is C15H14N2O3S. The van der Waals surface area contributed by atoms with Crippen LogP contribution < -0.4 is 10.5 Å². The van der Waals surface area contributed by atoms with Crippen LogP contribution in [0.25, 0.3) is 6.08 Å². The first-order chi connectivity index (χ1) is 9.93. The van der Waals surface area contributed by atoms with Gasteiger partial charge in [-0.25, -0.2) is 13.6 Å². The number of amides is 1. The maximum Gasteiger partial charge on any atom is 0.256 e. The van der Waals surface area contributed by atoms with Crippen LogP contribution in [0.3, 0.4) is 0 Å². The minimum absolute atomic E-state index is 0.130. The molecule has 6 heteroatoms. The van der Waals surface area contributed by atoms with Gasteiger partial charge in [-0.2, -0.15) is 0 Å². The van der Waals surface area contributed by atoms with E-state index in [1.54, 1.807) is 36.4 Å². The van der Waals surface area contributed by atoms with Crippen molar-refractivity contribution in [3.8, 4) is 0 Å². The largest absolute Gasteiger partial charge is 0.321 e. The molecule has 0 spiro atoms. The van der Waals surface area contributed by atoms with Gasteiger partial charge in [0.1, 0.15) is 4.90 Å². The fourth-order valence-corrected chi connectivity index (χ4v) is 2.58. The Bertz CT molecular complexity index is 798. The third-order valence-corrected chi connectivity index (χ3v) is 3.84. The third-order valence-electron chi connectivity index (χ3n) is 2.87. The fraction of sp³-hybridized carbons (Fsp3) is 0. The average molecular weight is 302 g/mol. The summed E-state index contributed by atoms with van der Waals surface area (Å²) >= 11 is 0. The zero-order valence-electron chi connectivity index (χ0n) is 11.1. The second-order valence-corrected chi connectivity index (χ2v) is 5.82. The molecule has 3 N–H and O–H groups in total. The minimum Gasteiger partial charge on any atom is -0.321 e. The van der Waals surface area contributed by atoms with Crippen molar-refractivity contribution in [2.75, 3.05) is 5.32 Å². The molecule has 0 saturated heterocycles. The van der Waals surface area contributed by atoms with Crippen molar-refractivity contribution in [1.82, 2.24) is 0 Å². The van der Waals surface area contributed by atoms with Crippen LogP contribution >= 0.6 is 0 Å². The highest BCUT2D eigenvalue weighted by atomic mass is 32.2. The molecule has 0 aliphatic rings. The summed E-state index contributed by atoms with van der Waals surface area (Å²) in [5.74, 6) is -0.429. The van der Waals surface area contributed by atoms with Gasteiger partial charge in [-0.3, -0.25) is 4.79 Å². The van der Waals surface area contributed by atoms with Gasteiger partial charge in [0.25, 0.3) is 5.91 Å². The number of hydrogen-bond acceptors (Lipinski definition) is 3. The van der Waals surface area contributed by atoms with Crippen LogP contribution in [0.4, 0.5) is 5.69 Å². The Balaban J connectivity index is 2.39. The normalized spacial score (nSPS) is 10.9. The Kier molecular flexibility index (Phi) is 4.21. The van der Waals surface area contributed by atoms with Crippen molar-refractivity contribution >= 4 is 27.7 Å². The number of nitrogens with two attached hydrogens (primary N) is 1. The lowest BCUT2D eigenvalue weighted by Crippen LogP contribution is -2.18. The van der Waals surface area contributed by atoms with E-state index in [-0.39, 0.29) is 10.6 Å². The lowest BCUT2D eigenvalue weighted by atomic mass is 10.1. The molecule has 0 aliphatic heterocycles. The van der Waals surface area contributed by atoms with Crippen molar-refractivity contribution in [2.45, 2.75) is 4.90 Å². The summed E-state index contributed by atoms with van der Waals surface area (Å²) < 4.78 is 23.0. The molecule has 0 saturated carbocycles. The molecule has 1 amide bonds. The summed E-state index contributed by atoms with van der Waals surface area (Å²) in [6.07, 6.45) is 1.56. The summed E-state index contributed by atoms with van der Waals surface area (Å²) in [4.78, 5) is 12.1. The van der Waals surface area contributed by atoms with E-state index in [2.05, 4.69) is 11.9 Å². The van der Waals surface area contributed by atoms with Gasteiger partial charge in [0, 0.05) is 5.56 Å². The van der Waals surface area contributed by atoms with E-state index < -0.39 is 15.9 Å². The zero-order valence-corrected chi connectivity index (χ0v) is 11.9. The van der Waals surface area contributed by atoms with Crippen LogP contribution in [-0.2, 0) is 10.0 Å². The number of hydrogen-bond donors (Lipinski definition) is 2. The molecule has 0 atom stereocenters. The van der Waals surface area contributed by atoms with Crippen LogP contribution in [0.5, 0.6) is 0 Å². The molecule has 21 heavy (non-hydrogen) atoms. The Morgan fingerprint density at radius 1 is 1.10 bits per heavy atom.